The van der Waals surface area contributed by atoms with Gasteiger partial charge in [0.15, 0.2) is 0 Å². The quantitative estimate of drug-likeness (QED) is 0.346. The van der Waals surface area contributed by atoms with Crippen molar-refractivity contribution in [3.05, 3.63) is 12.2 Å². The van der Waals surface area contributed by atoms with Crippen molar-refractivity contribution in [3.8, 4) is 0 Å². The van der Waals surface area contributed by atoms with Crippen molar-refractivity contribution in [2.45, 2.75) is 58.5 Å². The fraction of sp³-hybridized carbons (Fsp3) is 0.733. The Bertz CT molecular complexity index is 309. The van der Waals surface area contributed by atoms with Crippen LogP contribution in [0.15, 0.2) is 12.2 Å². The molecule has 2 atom stereocenters. The number of allylic oxidation sites excluding steroid dienone is 2. The molecule has 0 aliphatic rings. The molecular formula is C15H26O5. The first kappa shape index (κ1) is 18.6. The van der Waals surface area contributed by atoms with Gasteiger partial charge in [-0.3, -0.25) is 9.59 Å². The van der Waals surface area contributed by atoms with Crippen LogP contribution in [-0.2, 0) is 14.3 Å². The zero-order valence-corrected chi connectivity index (χ0v) is 12.4. The molecule has 5 nitrogen and oxygen atoms in total. The van der Waals surface area contributed by atoms with Gasteiger partial charge in [-0.25, -0.2) is 0 Å². The zero-order chi connectivity index (χ0) is 15.4. The van der Waals surface area contributed by atoms with Crippen LogP contribution in [0.5, 0.6) is 0 Å². The van der Waals surface area contributed by atoms with Crippen LogP contribution in [0, 0.1) is 5.92 Å². The SMILES string of the molecule is CCCC/C=C/CCC(CC(=O)OCC(C)O)C(=O)O. The summed E-state index contributed by atoms with van der Waals surface area (Å²) in [4.78, 5) is 22.5. The summed E-state index contributed by atoms with van der Waals surface area (Å²) in [5.74, 6) is -2.29. The van der Waals surface area contributed by atoms with Gasteiger partial charge in [0.05, 0.1) is 18.4 Å². The smallest absolute Gasteiger partial charge is 0.307 e. The molecule has 2 unspecified atom stereocenters. The van der Waals surface area contributed by atoms with Gasteiger partial charge in [0.25, 0.3) is 0 Å². The lowest BCUT2D eigenvalue weighted by atomic mass is 9.99. The molecule has 0 rings (SSSR count). The molecular weight excluding hydrogens is 260 g/mol. The molecule has 116 valence electrons. The van der Waals surface area contributed by atoms with E-state index in [1.54, 1.807) is 0 Å². The maximum Gasteiger partial charge on any atom is 0.307 e. The third-order valence-electron chi connectivity index (χ3n) is 2.82. The number of ether oxygens (including phenoxy) is 1. The van der Waals surface area contributed by atoms with Crippen LogP contribution in [0.3, 0.4) is 0 Å². The largest absolute Gasteiger partial charge is 0.481 e. The van der Waals surface area contributed by atoms with Crippen molar-refractivity contribution in [3.63, 3.8) is 0 Å². The highest BCUT2D eigenvalue weighted by molar-refractivity contribution is 5.78. The topological polar surface area (TPSA) is 83.8 Å². The Morgan fingerprint density at radius 1 is 1.25 bits per heavy atom. The monoisotopic (exact) mass is 286 g/mol. The zero-order valence-electron chi connectivity index (χ0n) is 12.4. The van der Waals surface area contributed by atoms with Gasteiger partial charge < -0.3 is 14.9 Å². The van der Waals surface area contributed by atoms with E-state index in [0.29, 0.717) is 12.8 Å². The summed E-state index contributed by atoms with van der Waals surface area (Å²) < 4.78 is 4.77. The Kier molecular flexibility index (Phi) is 10.7. The third-order valence-corrected chi connectivity index (χ3v) is 2.82. The molecule has 0 saturated heterocycles. The summed E-state index contributed by atoms with van der Waals surface area (Å²) in [5.41, 5.74) is 0. The van der Waals surface area contributed by atoms with Gasteiger partial charge in [-0.15, -0.1) is 0 Å². The van der Waals surface area contributed by atoms with Crippen LogP contribution in [-0.4, -0.2) is 34.9 Å². The highest BCUT2D eigenvalue weighted by Crippen LogP contribution is 2.13. The van der Waals surface area contributed by atoms with Gasteiger partial charge >= 0.3 is 11.9 Å². The van der Waals surface area contributed by atoms with Crippen LogP contribution < -0.4 is 0 Å². The van der Waals surface area contributed by atoms with E-state index in [9.17, 15) is 9.59 Å². The fourth-order valence-corrected chi connectivity index (χ4v) is 1.64. The minimum atomic E-state index is -0.985. The van der Waals surface area contributed by atoms with Gasteiger partial charge in [0.2, 0.25) is 0 Å². The fourth-order valence-electron chi connectivity index (χ4n) is 1.64. The normalized spacial score (nSPS) is 14.2. The van der Waals surface area contributed by atoms with Crippen molar-refractivity contribution in [1.29, 1.82) is 0 Å². The van der Waals surface area contributed by atoms with E-state index in [0.717, 1.165) is 19.3 Å². The van der Waals surface area contributed by atoms with E-state index >= 15 is 0 Å². The highest BCUT2D eigenvalue weighted by atomic mass is 16.5. The molecule has 0 heterocycles. The number of esters is 1. The second-order valence-corrected chi connectivity index (χ2v) is 4.96. The first-order valence-electron chi connectivity index (χ1n) is 7.18. The summed E-state index contributed by atoms with van der Waals surface area (Å²) in [6.45, 7) is 3.53. The molecule has 20 heavy (non-hydrogen) atoms. The second kappa shape index (κ2) is 11.5. The lowest BCUT2D eigenvalue weighted by Gasteiger charge is -2.11. The molecule has 0 fully saturated rings. The summed E-state index contributed by atoms with van der Waals surface area (Å²) in [6, 6.07) is 0. The summed E-state index contributed by atoms with van der Waals surface area (Å²) in [6.07, 6.45) is 7.47. The molecule has 0 aromatic heterocycles. The Hall–Kier alpha value is -1.36. The number of aliphatic carboxylic acids is 1. The summed E-state index contributed by atoms with van der Waals surface area (Å²) >= 11 is 0. The molecule has 2 N–H and O–H groups in total. The number of carbonyl (C=O) groups excluding carboxylic acids is 1. The van der Waals surface area contributed by atoms with E-state index in [-0.39, 0.29) is 13.0 Å². The molecule has 0 aliphatic heterocycles. The van der Waals surface area contributed by atoms with E-state index in [1.807, 2.05) is 12.2 Å². The Balaban J connectivity index is 4.01. The maximum atomic E-state index is 11.4. The molecule has 0 bridgehead atoms. The van der Waals surface area contributed by atoms with Crippen LogP contribution in [0.25, 0.3) is 0 Å². The number of unbranched alkanes of at least 4 members (excludes halogenated alkanes) is 2. The summed E-state index contributed by atoms with van der Waals surface area (Å²) in [7, 11) is 0. The molecule has 0 saturated carbocycles. The molecule has 0 aromatic rings. The first-order valence-corrected chi connectivity index (χ1v) is 7.18. The van der Waals surface area contributed by atoms with Crippen molar-refractivity contribution < 1.29 is 24.5 Å². The average Bonchev–Trinajstić information content (AvgIpc) is 2.38. The lowest BCUT2D eigenvalue weighted by molar-refractivity contribution is -0.153. The number of hydrogen-bond donors (Lipinski definition) is 2. The van der Waals surface area contributed by atoms with Crippen molar-refractivity contribution in [1.82, 2.24) is 0 Å². The van der Waals surface area contributed by atoms with Crippen LogP contribution >= 0.6 is 0 Å². The van der Waals surface area contributed by atoms with Crippen molar-refractivity contribution in [2.75, 3.05) is 6.61 Å². The van der Waals surface area contributed by atoms with Crippen LogP contribution in [0.2, 0.25) is 0 Å². The number of carboxylic acid groups (broad SMARTS) is 1. The van der Waals surface area contributed by atoms with E-state index in [2.05, 4.69) is 6.92 Å². The standard InChI is InChI=1S/C15H26O5/c1-3-4-5-6-7-8-9-13(15(18)19)10-14(17)20-11-12(2)16/h6-7,12-13,16H,3-5,8-11H2,1-2H3,(H,18,19)/b7-6+. The highest BCUT2D eigenvalue weighted by Gasteiger charge is 2.21. The molecule has 0 amide bonds. The number of aliphatic hydroxyl groups is 1. The third kappa shape index (κ3) is 10.6. The van der Waals surface area contributed by atoms with Gasteiger partial charge in [-0.1, -0.05) is 31.9 Å². The Morgan fingerprint density at radius 2 is 1.90 bits per heavy atom. The average molecular weight is 286 g/mol. The van der Waals surface area contributed by atoms with Crippen LogP contribution in [0.4, 0.5) is 0 Å². The predicted molar refractivity (Wildman–Crippen MR) is 76.3 cm³/mol. The molecule has 0 aromatic carbocycles. The van der Waals surface area contributed by atoms with Gasteiger partial charge in [-0.2, -0.15) is 0 Å². The number of carbonyl (C=O) groups is 2. The predicted octanol–water partition coefficient (Wildman–Crippen LogP) is 2.53. The van der Waals surface area contributed by atoms with Crippen molar-refractivity contribution >= 4 is 11.9 Å². The molecule has 0 spiro atoms. The van der Waals surface area contributed by atoms with Gasteiger partial charge in [0.1, 0.15) is 6.61 Å². The number of rotatable bonds is 11. The summed E-state index contributed by atoms with van der Waals surface area (Å²) in [5, 5.41) is 18.0. The van der Waals surface area contributed by atoms with E-state index in [1.165, 1.54) is 6.92 Å². The first-order chi connectivity index (χ1) is 9.47. The van der Waals surface area contributed by atoms with E-state index < -0.39 is 24.0 Å². The van der Waals surface area contributed by atoms with E-state index in [4.69, 9.17) is 14.9 Å². The lowest BCUT2D eigenvalue weighted by Crippen LogP contribution is -2.22. The Labute approximate surface area is 120 Å². The van der Waals surface area contributed by atoms with Crippen molar-refractivity contribution in [2.24, 2.45) is 5.92 Å². The molecule has 5 heteroatoms. The number of carboxylic acids is 1. The molecule has 0 aliphatic carbocycles. The maximum absolute atomic E-state index is 11.4. The second-order valence-electron chi connectivity index (χ2n) is 4.96. The van der Waals surface area contributed by atoms with Gasteiger partial charge in [-0.05, 0) is 26.2 Å². The number of hydrogen-bond acceptors (Lipinski definition) is 4. The minimum Gasteiger partial charge on any atom is -0.481 e. The number of aliphatic hydroxyl groups excluding tert-OH is 1. The Morgan fingerprint density at radius 3 is 2.45 bits per heavy atom. The molecule has 0 radical (unpaired) electrons. The minimum absolute atomic E-state index is 0.0951. The van der Waals surface area contributed by atoms with Crippen LogP contribution in [0.1, 0.15) is 52.4 Å². The van der Waals surface area contributed by atoms with Gasteiger partial charge in [0, 0.05) is 0 Å².